The molecule has 2 heterocycles. The summed E-state index contributed by atoms with van der Waals surface area (Å²) in [6.45, 7) is -0.0365. The van der Waals surface area contributed by atoms with Gasteiger partial charge in [0.05, 0.1) is 31.1 Å². The molecule has 4 rings (SSSR count). The fraction of sp³-hybridized carbons (Fsp3) is 0.0952. The molecule has 0 fully saturated rings. The number of anilines is 2. The molecule has 0 spiro atoms. The van der Waals surface area contributed by atoms with E-state index in [1.165, 1.54) is 30.1 Å². The minimum Gasteiger partial charge on any atom is -0.504 e. The minimum atomic E-state index is -0.696. The third kappa shape index (κ3) is 4.89. The van der Waals surface area contributed by atoms with Crippen LogP contribution >= 0.6 is 0 Å². The second kappa shape index (κ2) is 10.2. The van der Waals surface area contributed by atoms with Gasteiger partial charge in [0.25, 0.3) is 11.8 Å². The molecule has 0 aliphatic carbocycles. The molecule has 0 atom stereocenters. The molecule has 36 heavy (non-hydrogen) atoms. The summed E-state index contributed by atoms with van der Waals surface area (Å²) in [5.74, 6) is -1.18. The summed E-state index contributed by atoms with van der Waals surface area (Å²) in [7, 11) is 1.41. The number of hydrogen-bond acceptors (Lipinski definition) is 12. The quantitative estimate of drug-likeness (QED) is 0.159. The lowest BCUT2D eigenvalue weighted by molar-refractivity contribution is 0.0947. The number of carbonyl (C=O) groups excluding carboxylic acids is 2. The number of para-hydroxylation sites is 1. The molecule has 15 heteroatoms. The first-order valence-corrected chi connectivity index (χ1v) is 10.2. The lowest BCUT2D eigenvalue weighted by Crippen LogP contribution is -2.22. The van der Waals surface area contributed by atoms with Gasteiger partial charge in [-0.05, 0) is 46.2 Å². The summed E-state index contributed by atoms with van der Waals surface area (Å²) in [5.41, 5.74) is 14.9. The number of hydrazone groups is 1. The number of carbonyl (C=O) groups is 2. The Hall–Kier alpha value is -5.47. The summed E-state index contributed by atoms with van der Waals surface area (Å²) in [6.07, 6.45) is 1.35. The third-order valence-electron chi connectivity index (χ3n) is 4.90. The highest BCUT2D eigenvalue weighted by atomic mass is 16.6. The van der Waals surface area contributed by atoms with Crippen LogP contribution in [0.2, 0.25) is 0 Å². The van der Waals surface area contributed by atoms with E-state index in [1.54, 1.807) is 30.3 Å². The van der Waals surface area contributed by atoms with Crippen LogP contribution in [0, 0.1) is 0 Å². The number of nitrogens with two attached hydrogens (primary N) is 2. The fourth-order valence-corrected chi connectivity index (χ4v) is 3.17. The van der Waals surface area contributed by atoms with E-state index < -0.39 is 11.8 Å². The average molecular weight is 492 g/mol. The number of methoxy groups -OCH3 is 1. The molecule has 184 valence electrons. The van der Waals surface area contributed by atoms with E-state index in [9.17, 15) is 14.7 Å². The van der Waals surface area contributed by atoms with Gasteiger partial charge in [-0.1, -0.05) is 17.3 Å². The van der Waals surface area contributed by atoms with E-state index in [0.29, 0.717) is 11.3 Å². The Morgan fingerprint density at radius 3 is 2.78 bits per heavy atom. The molecule has 0 aliphatic heterocycles. The number of phenols is 1. The van der Waals surface area contributed by atoms with Crippen LogP contribution in [0.5, 0.6) is 11.5 Å². The van der Waals surface area contributed by atoms with E-state index in [1.807, 2.05) is 0 Å². The number of benzene rings is 2. The van der Waals surface area contributed by atoms with Gasteiger partial charge in [-0.3, -0.25) is 9.59 Å². The first kappa shape index (κ1) is 23.7. The van der Waals surface area contributed by atoms with Gasteiger partial charge in [0.2, 0.25) is 11.6 Å². The number of rotatable bonds is 9. The Morgan fingerprint density at radius 1 is 1.25 bits per heavy atom. The standard InChI is InChI=1S/C21H20N10O5/c1-35-16-8-11(6-7-15(16)32)9-25-27-21(34)17-14(31(30-26-17)20-18(22)28-36-29-20)10-24-13-5-3-2-4-12(13)19(23)33/h2-9,24,32H,10H2,1H3,(H2,22,28)(H2,23,33)(H,27,34). The molecule has 0 aliphatic rings. The van der Waals surface area contributed by atoms with Crippen molar-refractivity contribution < 1.29 is 24.1 Å². The van der Waals surface area contributed by atoms with Crippen molar-refractivity contribution in [2.45, 2.75) is 6.54 Å². The number of phenolic OH excluding ortho intramolecular Hbond substituents is 1. The van der Waals surface area contributed by atoms with Crippen LogP contribution in [0.4, 0.5) is 11.5 Å². The number of ether oxygens (including phenoxy) is 1. The number of aromatic nitrogens is 5. The SMILES string of the molecule is COc1cc(C=NNC(=O)c2nnn(-c3nonc3N)c2CNc2ccccc2C(N)=O)ccc1O. The largest absolute Gasteiger partial charge is 0.504 e. The number of nitrogens with zero attached hydrogens (tertiary/aromatic N) is 6. The Labute approximate surface area is 202 Å². The summed E-state index contributed by atoms with van der Waals surface area (Å²) in [5, 5.41) is 31.7. The van der Waals surface area contributed by atoms with Crippen molar-refractivity contribution in [2.75, 3.05) is 18.2 Å². The fourth-order valence-electron chi connectivity index (χ4n) is 3.17. The van der Waals surface area contributed by atoms with Gasteiger partial charge in [0, 0.05) is 5.69 Å². The van der Waals surface area contributed by atoms with Gasteiger partial charge < -0.3 is 26.6 Å². The summed E-state index contributed by atoms with van der Waals surface area (Å²) >= 11 is 0. The van der Waals surface area contributed by atoms with Crippen LogP contribution in [0.1, 0.15) is 32.1 Å². The lowest BCUT2D eigenvalue weighted by Gasteiger charge is -2.11. The van der Waals surface area contributed by atoms with Crippen molar-refractivity contribution in [3.63, 3.8) is 0 Å². The Morgan fingerprint density at radius 2 is 2.06 bits per heavy atom. The first-order valence-electron chi connectivity index (χ1n) is 10.2. The van der Waals surface area contributed by atoms with Gasteiger partial charge in [-0.15, -0.1) is 5.10 Å². The van der Waals surface area contributed by atoms with Crippen molar-refractivity contribution in [1.29, 1.82) is 0 Å². The number of aromatic hydroxyl groups is 1. The molecule has 15 nitrogen and oxygen atoms in total. The smallest absolute Gasteiger partial charge is 0.293 e. The average Bonchev–Trinajstić information content (AvgIpc) is 3.49. The maximum atomic E-state index is 12.9. The number of nitrogens with one attached hydrogen (secondary N) is 2. The Bertz CT molecular complexity index is 1440. The Balaban J connectivity index is 1.60. The van der Waals surface area contributed by atoms with Crippen molar-refractivity contribution in [3.8, 4) is 17.3 Å². The molecule has 7 N–H and O–H groups in total. The maximum absolute atomic E-state index is 12.9. The van der Waals surface area contributed by atoms with Crippen LogP contribution in [0.15, 0.2) is 52.2 Å². The molecule has 0 saturated heterocycles. The normalized spacial score (nSPS) is 10.9. The van der Waals surface area contributed by atoms with E-state index in [2.05, 4.69) is 41.1 Å². The summed E-state index contributed by atoms with van der Waals surface area (Å²) in [4.78, 5) is 24.6. The van der Waals surface area contributed by atoms with Crippen molar-refractivity contribution in [2.24, 2.45) is 10.8 Å². The number of nitrogen functional groups attached to an aromatic ring is 1. The summed E-state index contributed by atoms with van der Waals surface area (Å²) < 4.78 is 10.9. The van der Waals surface area contributed by atoms with Crippen LogP contribution in [0.25, 0.3) is 5.82 Å². The van der Waals surface area contributed by atoms with Crippen molar-refractivity contribution in [3.05, 3.63) is 65.0 Å². The predicted molar refractivity (Wildman–Crippen MR) is 126 cm³/mol. The molecular weight excluding hydrogens is 472 g/mol. The third-order valence-corrected chi connectivity index (χ3v) is 4.90. The predicted octanol–water partition coefficient (Wildman–Crippen LogP) is 0.422. The second-order valence-corrected chi connectivity index (χ2v) is 7.16. The highest BCUT2D eigenvalue weighted by Crippen LogP contribution is 2.25. The zero-order valence-electron chi connectivity index (χ0n) is 18.7. The highest BCUT2D eigenvalue weighted by molar-refractivity contribution is 5.98. The van der Waals surface area contributed by atoms with E-state index in [0.717, 1.165) is 0 Å². The molecule has 4 aromatic rings. The topological polar surface area (TPSA) is 222 Å². The number of amides is 2. The first-order chi connectivity index (χ1) is 17.4. The molecule has 2 aromatic heterocycles. The van der Waals surface area contributed by atoms with Crippen LogP contribution < -0.4 is 26.9 Å². The van der Waals surface area contributed by atoms with Crippen LogP contribution in [-0.4, -0.2) is 55.6 Å². The van der Waals surface area contributed by atoms with Crippen LogP contribution in [0.3, 0.4) is 0 Å². The zero-order chi connectivity index (χ0) is 25.7. The van der Waals surface area contributed by atoms with Gasteiger partial charge in [-0.25, -0.2) is 10.1 Å². The van der Waals surface area contributed by atoms with E-state index >= 15 is 0 Å². The number of hydrogen-bond donors (Lipinski definition) is 5. The second-order valence-electron chi connectivity index (χ2n) is 7.16. The minimum absolute atomic E-state index is 0.0150. The van der Waals surface area contributed by atoms with Gasteiger partial charge in [-0.2, -0.15) is 9.78 Å². The van der Waals surface area contributed by atoms with Gasteiger partial charge >= 0.3 is 0 Å². The molecule has 0 radical (unpaired) electrons. The highest BCUT2D eigenvalue weighted by Gasteiger charge is 2.24. The van der Waals surface area contributed by atoms with E-state index in [4.69, 9.17) is 16.2 Å². The number of primary amides is 1. The molecular formula is C21H20N10O5. The van der Waals surface area contributed by atoms with Gasteiger partial charge in [0.1, 0.15) is 0 Å². The Kier molecular flexibility index (Phi) is 6.71. The van der Waals surface area contributed by atoms with Gasteiger partial charge in [0.15, 0.2) is 17.2 Å². The zero-order valence-corrected chi connectivity index (χ0v) is 18.7. The molecule has 0 unspecified atom stereocenters. The molecule has 2 aromatic carbocycles. The molecule has 0 saturated carbocycles. The lowest BCUT2D eigenvalue weighted by atomic mass is 10.1. The maximum Gasteiger partial charge on any atom is 0.293 e. The summed E-state index contributed by atoms with van der Waals surface area (Å²) in [6, 6.07) is 11.1. The molecule has 2 amide bonds. The van der Waals surface area contributed by atoms with Crippen molar-refractivity contribution >= 4 is 29.5 Å². The monoisotopic (exact) mass is 492 g/mol. The molecule has 0 bridgehead atoms. The van der Waals surface area contributed by atoms with E-state index in [-0.39, 0.29) is 46.6 Å². The van der Waals surface area contributed by atoms with Crippen molar-refractivity contribution in [1.82, 2.24) is 30.7 Å². The van der Waals surface area contributed by atoms with Crippen LogP contribution in [-0.2, 0) is 6.54 Å².